The Hall–Kier alpha value is -0.590. The van der Waals surface area contributed by atoms with Gasteiger partial charge in [-0.15, -0.1) is 0 Å². The summed E-state index contributed by atoms with van der Waals surface area (Å²) in [5.74, 6) is -1.71. The minimum Gasteiger partial charge on any atom is -0.280 e. The van der Waals surface area contributed by atoms with E-state index in [0.717, 1.165) is 6.20 Å². The van der Waals surface area contributed by atoms with E-state index < -0.39 is 15.4 Å². The molecule has 2 nitrogen and oxygen atoms in total. The quantitative estimate of drug-likeness (QED) is 0.576. The monoisotopic (exact) mass is 269 g/mol. The van der Waals surface area contributed by atoms with Gasteiger partial charge in [-0.25, -0.2) is 13.8 Å². The van der Waals surface area contributed by atoms with Gasteiger partial charge in [0.1, 0.15) is 5.82 Å². The van der Waals surface area contributed by atoms with Crippen molar-refractivity contribution >= 4 is 26.4 Å². The summed E-state index contributed by atoms with van der Waals surface area (Å²) in [6.45, 7) is 0. The number of carbonyl (C=O) groups excluding carboxylic acids is 1. The molecular weight excluding hydrogens is 267 g/mol. The van der Waals surface area contributed by atoms with E-state index in [4.69, 9.17) is 0 Å². The molecule has 58 valence electrons. The Morgan fingerprint density at radius 1 is 1.55 bits per heavy atom. The van der Waals surface area contributed by atoms with Crippen LogP contribution in [0.5, 0.6) is 0 Å². The highest BCUT2D eigenvalue weighted by Crippen LogP contribution is 2.09. The summed E-state index contributed by atoms with van der Waals surface area (Å²) >= 11 is 1.38. The highest BCUT2D eigenvalue weighted by Gasteiger charge is 2.10. The zero-order valence-corrected chi connectivity index (χ0v) is 7.30. The number of pyridine rings is 1. The van der Waals surface area contributed by atoms with Crippen LogP contribution >= 0.6 is 22.6 Å². The Balaban J connectivity index is 3.20. The molecule has 0 amide bonds. The van der Waals surface area contributed by atoms with Crippen LogP contribution in [-0.4, -0.2) is 8.77 Å². The number of rotatable bonds is 1. The fourth-order valence-corrected chi connectivity index (χ4v) is 0.956. The summed E-state index contributed by atoms with van der Waals surface area (Å²) < 4.78 is 24.2. The van der Waals surface area contributed by atoms with Crippen LogP contribution in [0, 0.1) is 11.6 Å². The average molecular weight is 269 g/mol. The maximum Gasteiger partial charge on any atom is 0.243 e. The Morgan fingerprint density at radius 2 is 2.18 bits per heavy atom. The molecule has 1 heterocycles. The number of aromatic nitrogens is 1. The van der Waals surface area contributed by atoms with E-state index >= 15 is 0 Å². The summed E-state index contributed by atoms with van der Waals surface area (Å²) in [5.41, 5.74) is -0.341. The van der Waals surface area contributed by atoms with E-state index in [9.17, 15) is 13.6 Å². The van der Waals surface area contributed by atoms with Crippen LogP contribution in [0.4, 0.5) is 8.78 Å². The van der Waals surface area contributed by atoms with E-state index in [1.165, 1.54) is 22.6 Å². The van der Waals surface area contributed by atoms with Gasteiger partial charge in [0, 0.05) is 28.7 Å². The molecule has 0 saturated carbocycles. The normalized spacial score (nSPS) is 9.73. The third-order valence-electron chi connectivity index (χ3n) is 0.994. The fraction of sp³-hybridized carbons (Fsp3) is 0. The number of halogens is 3. The molecule has 0 aromatic carbocycles. The summed E-state index contributed by atoms with van der Waals surface area (Å²) in [4.78, 5) is 13.8. The summed E-state index contributed by atoms with van der Waals surface area (Å²) in [5, 5.41) is 0. The molecule has 0 radical (unpaired) electrons. The van der Waals surface area contributed by atoms with Crippen molar-refractivity contribution in [1.82, 2.24) is 4.98 Å². The summed E-state index contributed by atoms with van der Waals surface area (Å²) in [6, 6.07) is 0.624. The third-order valence-corrected chi connectivity index (χ3v) is 1.50. The number of hydrogen-bond acceptors (Lipinski definition) is 2. The van der Waals surface area contributed by atoms with Crippen LogP contribution in [0.1, 0.15) is 10.5 Å². The average Bonchev–Trinajstić information content (AvgIpc) is 1.85. The van der Waals surface area contributed by atoms with Crippen molar-refractivity contribution in [2.24, 2.45) is 0 Å². The second-order valence-corrected chi connectivity index (χ2v) is 2.74. The Morgan fingerprint density at radius 3 is 2.64 bits per heavy atom. The molecular formula is C6H2F2INO. The summed E-state index contributed by atoms with van der Waals surface area (Å²) in [6.07, 6.45) is 0.801. The van der Waals surface area contributed by atoms with Crippen LogP contribution in [0.25, 0.3) is 0 Å². The second kappa shape index (κ2) is 3.21. The number of nitrogens with zero attached hydrogens (tertiary/aromatic N) is 1. The lowest BCUT2D eigenvalue weighted by atomic mass is 10.3. The first-order valence-electron chi connectivity index (χ1n) is 2.62. The van der Waals surface area contributed by atoms with Crippen molar-refractivity contribution in [1.29, 1.82) is 0 Å². The molecule has 0 bridgehead atoms. The van der Waals surface area contributed by atoms with Crippen LogP contribution in [-0.2, 0) is 0 Å². The fourth-order valence-electron chi connectivity index (χ4n) is 0.559. The van der Waals surface area contributed by atoms with Gasteiger partial charge in [0.15, 0.2) is 11.5 Å². The molecule has 0 fully saturated rings. The first-order valence-corrected chi connectivity index (χ1v) is 3.70. The van der Waals surface area contributed by atoms with E-state index in [-0.39, 0.29) is 5.69 Å². The third kappa shape index (κ3) is 1.92. The minimum atomic E-state index is -0.926. The van der Waals surface area contributed by atoms with Gasteiger partial charge in [-0.3, -0.25) is 4.79 Å². The predicted molar refractivity (Wildman–Crippen MR) is 42.5 cm³/mol. The van der Waals surface area contributed by atoms with Gasteiger partial charge < -0.3 is 0 Å². The van der Waals surface area contributed by atoms with Crippen molar-refractivity contribution in [3.63, 3.8) is 0 Å². The largest absolute Gasteiger partial charge is 0.280 e. The Kier molecular flexibility index (Phi) is 2.48. The Bertz CT molecular complexity index is 303. The lowest BCUT2D eigenvalue weighted by Crippen LogP contribution is -1.98. The molecule has 0 N–H and O–H groups in total. The topological polar surface area (TPSA) is 30.0 Å². The number of hydrogen-bond donors (Lipinski definition) is 0. The van der Waals surface area contributed by atoms with Crippen LogP contribution < -0.4 is 0 Å². The lowest BCUT2D eigenvalue weighted by molar-refractivity contribution is 0.109. The zero-order chi connectivity index (χ0) is 8.43. The maximum atomic E-state index is 12.6. The van der Waals surface area contributed by atoms with Gasteiger partial charge in [-0.1, -0.05) is 0 Å². The van der Waals surface area contributed by atoms with Gasteiger partial charge in [-0.05, 0) is 0 Å². The molecule has 1 aromatic rings. The van der Waals surface area contributed by atoms with Crippen molar-refractivity contribution < 1.29 is 13.6 Å². The minimum absolute atomic E-state index is 0.341. The van der Waals surface area contributed by atoms with Crippen molar-refractivity contribution in [3.8, 4) is 0 Å². The van der Waals surface area contributed by atoms with E-state index in [1.807, 2.05) is 0 Å². The molecule has 1 rings (SSSR count). The first-order chi connectivity index (χ1) is 5.11. The maximum absolute atomic E-state index is 12.6. The second-order valence-electron chi connectivity index (χ2n) is 1.76. The van der Waals surface area contributed by atoms with Gasteiger partial charge in [0.05, 0.1) is 6.20 Å². The Labute approximate surface area is 74.8 Å². The predicted octanol–water partition coefficient (Wildman–Crippen LogP) is 1.94. The highest BCUT2D eigenvalue weighted by molar-refractivity contribution is 14.1. The van der Waals surface area contributed by atoms with Crippen LogP contribution in [0.3, 0.4) is 0 Å². The molecule has 0 aliphatic rings. The van der Waals surface area contributed by atoms with Gasteiger partial charge in [0.2, 0.25) is 3.79 Å². The molecule has 5 heteroatoms. The molecule has 0 spiro atoms. The lowest BCUT2D eigenvalue weighted by Gasteiger charge is -1.94. The van der Waals surface area contributed by atoms with Crippen LogP contribution in [0.15, 0.2) is 12.3 Å². The highest BCUT2D eigenvalue weighted by atomic mass is 127. The molecule has 0 aliphatic heterocycles. The van der Waals surface area contributed by atoms with Crippen molar-refractivity contribution in [3.05, 3.63) is 29.6 Å². The standard InChI is InChI=1S/C6H2F2INO/c7-3-1-4(8)5(6(9)11)10-2-3/h1-2H. The molecule has 0 unspecified atom stereocenters. The molecule has 1 aromatic heterocycles. The summed E-state index contributed by atoms with van der Waals surface area (Å²) in [7, 11) is 0. The van der Waals surface area contributed by atoms with Gasteiger partial charge >= 0.3 is 0 Å². The molecule has 11 heavy (non-hydrogen) atoms. The van der Waals surface area contributed by atoms with Crippen molar-refractivity contribution in [2.75, 3.05) is 0 Å². The number of carbonyl (C=O) groups is 1. The zero-order valence-electron chi connectivity index (χ0n) is 5.14. The first kappa shape index (κ1) is 8.51. The van der Waals surface area contributed by atoms with E-state index in [2.05, 4.69) is 4.98 Å². The van der Waals surface area contributed by atoms with Gasteiger partial charge in [0.25, 0.3) is 0 Å². The molecule has 0 saturated heterocycles. The smallest absolute Gasteiger partial charge is 0.243 e. The SMILES string of the molecule is O=C(I)c1ncc(F)cc1F. The van der Waals surface area contributed by atoms with Crippen LogP contribution in [0.2, 0.25) is 0 Å². The van der Waals surface area contributed by atoms with Gasteiger partial charge in [-0.2, -0.15) is 0 Å². The van der Waals surface area contributed by atoms with E-state index in [0.29, 0.717) is 6.07 Å². The van der Waals surface area contributed by atoms with Crippen molar-refractivity contribution in [2.45, 2.75) is 0 Å². The molecule has 0 aliphatic carbocycles. The van der Waals surface area contributed by atoms with E-state index in [1.54, 1.807) is 0 Å². The molecule has 0 atom stereocenters.